The number of halogens is 2. The van der Waals surface area contributed by atoms with Crippen molar-refractivity contribution in [3.05, 3.63) is 88.4 Å². The molecule has 0 unspecified atom stereocenters. The standard InChI is InChI=1S/C21H19Cl2N3/c1-2-26(15-16-6-4-3-5-7-16)19-11-9-18(10-12-19)24-25-21-14-17(22)8-13-20(21)23/h3-14H,2,15H2,1H3/b25-24+. The van der Waals surface area contributed by atoms with Gasteiger partial charge in [-0.25, -0.2) is 0 Å². The van der Waals surface area contributed by atoms with Crippen LogP contribution in [0.1, 0.15) is 12.5 Å². The maximum Gasteiger partial charge on any atom is 0.106 e. The van der Waals surface area contributed by atoms with E-state index in [2.05, 4.69) is 58.5 Å². The molecule has 0 amide bonds. The molecule has 3 nitrogen and oxygen atoms in total. The summed E-state index contributed by atoms with van der Waals surface area (Å²) in [4.78, 5) is 2.31. The third-order valence-corrected chi connectivity index (χ3v) is 4.55. The average molecular weight is 384 g/mol. The zero-order chi connectivity index (χ0) is 18.4. The first-order valence-electron chi connectivity index (χ1n) is 8.41. The fourth-order valence-corrected chi connectivity index (χ4v) is 2.92. The summed E-state index contributed by atoms with van der Waals surface area (Å²) < 4.78 is 0. The zero-order valence-corrected chi connectivity index (χ0v) is 16.0. The third kappa shape index (κ3) is 4.84. The summed E-state index contributed by atoms with van der Waals surface area (Å²) >= 11 is 12.1. The Morgan fingerprint density at radius 1 is 0.846 bits per heavy atom. The maximum atomic E-state index is 6.11. The Labute approximate surface area is 163 Å². The third-order valence-electron chi connectivity index (χ3n) is 3.99. The molecule has 26 heavy (non-hydrogen) atoms. The molecule has 0 N–H and O–H groups in total. The zero-order valence-electron chi connectivity index (χ0n) is 14.4. The number of anilines is 1. The quantitative estimate of drug-likeness (QED) is 0.406. The molecule has 0 fully saturated rings. The summed E-state index contributed by atoms with van der Waals surface area (Å²) in [6.07, 6.45) is 0. The molecule has 132 valence electrons. The van der Waals surface area contributed by atoms with E-state index in [0.29, 0.717) is 15.7 Å². The summed E-state index contributed by atoms with van der Waals surface area (Å²) in [6, 6.07) is 23.6. The maximum absolute atomic E-state index is 6.11. The molecule has 0 aliphatic heterocycles. The van der Waals surface area contributed by atoms with Crippen LogP contribution in [0.25, 0.3) is 0 Å². The molecule has 3 aromatic rings. The number of azo groups is 1. The smallest absolute Gasteiger partial charge is 0.106 e. The van der Waals surface area contributed by atoms with Crippen LogP contribution < -0.4 is 4.90 Å². The van der Waals surface area contributed by atoms with Gasteiger partial charge in [-0.2, -0.15) is 5.11 Å². The van der Waals surface area contributed by atoms with E-state index in [4.69, 9.17) is 23.2 Å². The highest BCUT2D eigenvalue weighted by atomic mass is 35.5. The van der Waals surface area contributed by atoms with Crippen molar-refractivity contribution in [2.75, 3.05) is 11.4 Å². The predicted molar refractivity (Wildman–Crippen MR) is 110 cm³/mol. The van der Waals surface area contributed by atoms with Crippen molar-refractivity contribution in [1.29, 1.82) is 0 Å². The van der Waals surface area contributed by atoms with Gasteiger partial charge in [0.2, 0.25) is 0 Å². The van der Waals surface area contributed by atoms with Crippen molar-refractivity contribution in [3.63, 3.8) is 0 Å². The lowest BCUT2D eigenvalue weighted by Crippen LogP contribution is -2.21. The Morgan fingerprint density at radius 2 is 1.58 bits per heavy atom. The molecule has 0 aromatic heterocycles. The largest absolute Gasteiger partial charge is 0.367 e. The summed E-state index contributed by atoms with van der Waals surface area (Å²) in [5.41, 5.74) is 3.76. The van der Waals surface area contributed by atoms with E-state index in [1.807, 2.05) is 18.2 Å². The summed E-state index contributed by atoms with van der Waals surface area (Å²) in [5, 5.41) is 9.55. The lowest BCUT2D eigenvalue weighted by atomic mass is 10.2. The van der Waals surface area contributed by atoms with Gasteiger partial charge >= 0.3 is 0 Å². The van der Waals surface area contributed by atoms with E-state index in [1.165, 1.54) is 5.56 Å². The highest BCUT2D eigenvalue weighted by Crippen LogP contribution is 2.30. The van der Waals surface area contributed by atoms with Crippen LogP contribution in [-0.2, 0) is 6.54 Å². The molecule has 0 saturated carbocycles. The van der Waals surface area contributed by atoms with Crippen LogP contribution in [0.3, 0.4) is 0 Å². The molecule has 0 aliphatic rings. The van der Waals surface area contributed by atoms with Crippen LogP contribution >= 0.6 is 23.2 Å². The Bertz CT molecular complexity index is 878. The van der Waals surface area contributed by atoms with Crippen molar-refractivity contribution in [3.8, 4) is 0 Å². The van der Waals surface area contributed by atoms with Crippen LogP contribution in [0.5, 0.6) is 0 Å². The minimum absolute atomic E-state index is 0.523. The minimum atomic E-state index is 0.523. The first kappa shape index (κ1) is 18.4. The molecule has 0 radical (unpaired) electrons. The van der Waals surface area contributed by atoms with E-state index in [1.54, 1.807) is 18.2 Å². The highest BCUT2D eigenvalue weighted by molar-refractivity contribution is 6.35. The average Bonchev–Trinajstić information content (AvgIpc) is 2.68. The van der Waals surface area contributed by atoms with Gasteiger partial charge in [-0.05, 0) is 55.0 Å². The number of hydrogen-bond acceptors (Lipinski definition) is 3. The molecular formula is C21H19Cl2N3. The lowest BCUT2D eigenvalue weighted by molar-refractivity contribution is 0.832. The second-order valence-corrected chi connectivity index (χ2v) is 6.66. The predicted octanol–water partition coefficient (Wildman–Crippen LogP) is 7.44. The van der Waals surface area contributed by atoms with Crippen LogP contribution in [0.2, 0.25) is 10.0 Å². The van der Waals surface area contributed by atoms with Gasteiger partial charge in [0.15, 0.2) is 0 Å². The van der Waals surface area contributed by atoms with Gasteiger partial charge in [-0.15, -0.1) is 5.11 Å². The number of rotatable bonds is 6. The first-order chi connectivity index (χ1) is 12.7. The minimum Gasteiger partial charge on any atom is -0.367 e. The van der Waals surface area contributed by atoms with Gasteiger partial charge < -0.3 is 4.90 Å². The van der Waals surface area contributed by atoms with Crippen LogP contribution in [0.4, 0.5) is 17.1 Å². The van der Waals surface area contributed by atoms with Crippen molar-refractivity contribution in [1.82, 2.24) is 0 Å². The molecule has 0 heterocycles. The van der Waals surface area contributed by atoms with Gasteiger partial charge in [0.25, 0.3) is 0 Å². The molecule has 3 aromatic carbocycles. The Morgan fingerprint density at radius 3 is 2.27 bits per heavy atom. The van der Waals surface area contributed by atoms with Crippen LogP contribution in [0.15, 0.2) is 83.0 Å². The highest BCUT2D eigenvalue weighted by Gasteiger charge is 2.05. The molecular weight excluding hydrogens is 365 g/mol. The normalized spacial score (nSPS) is 11.0. The number of hydrogen-bond donors (Lipinski definition) is 0. The number of nitrogens with zero attached hydrogens (tertiary/aromatic N) is 3. The Hall–Kier alpha value is -2.36. The SMILES string of the molecule is CCN(Cc1ccccc1)c1ccc(/N=N/c2cc(Cl)ccc2Cl)cc1. The van der Waals surface area contributed by atoms with Crippen molar-refractivity contribution in [2.45, 2.75) is 13.5 Å². The van der Waals surface area contributed by atoms with Gasteiger partial charge in [0.05, 0.1) is 10.7 Å². The monoisotopic (exact) mass is 383 g/mol. The lowest BCUT2D eigenvalue weighted by Gasteiger charge is -2.23. The molecule has 0 saturated heterocycles. The van der Waals surface area contributed by atoms with Gasteiger partial charge in [-0.1, -0.05) is 53.5 Å². The topological polar surface area (TPSA) is 28.0 Å². The van der Waals surface area contributed by atoms with E-state index < -0.39 is 0 Å². The molecule has 3 rings (SSSR count). The Balaban J connectivity index is 1.73. The van der Waals surface area contributed by atoms with E-state index in [0.717, 1.165) is 24.5 Å². The van der Waals surface area contributed by atoms with Gasteiger partial charge in [0, 0.05) is 23.8 Å². The Kier molecular flexibility index (Phi) is 6.26. The van der Waals surface area contributed by atoms with Crippen LogP contribution in [-0.4, -0.2) is 6.54 Å². The van der Waals surface area contributed by atoms with Crippen molar-refractivity contribution >= 4 is 40.3 Å². The van der Waals surface area contributed by atoms with Gasteiger partial charge in [0.1, 0.15) is 5.69 Å². The first-order valence-corrected chi connectivity index (χ1v) is 9.17. The second-order valence-electron chi connectivity index (χ2n) is 5.81. The van der Waals surface area contributed by atoms with Crippen molar-refractivity contribution < 1.29 is 0 Å². The number of benzene rings is 3. The van der Waals surface area contributed by atoms with Crippen molar-refractivity contribution in [2.24, 2.45) is 10.2 Å². The molecule has 0 bridgehead atoms. The van der Waals surface area contributed by atoms with E-state index in [9.17, 15) is 0 Å². The fourth-order valence-electron chi connectivity index (χ4n) is 2.59. The fraction of sp³-hybridized carbons (Fsp3) is 0.143. The van der Waals surface area contributed by atoms with Crippen LogP contribution in [0, 0.1) is 0 Å². The summed E-state index contributed by atoms with van der Waals surface area (Å²) in [5.74, 6) is 0. The van der Waals surface area contributed by atoms with E-state index >= 15 is 0 Å². The molecule has 0 atom stereocenters. The van der Waals surface area contributed by atoms with E-state index in [-0.39, 0.29) is 0 Å². The molecule has 0 aliphatic carbocycles. The second kappa shape index (κ2) is 8.84. The van der Waals surface area contributed by atoms with Gasteiger partial charge in [-0.3, -0.25) is 0 Å². The molecule has 0 spiro atoms. The molecule has 5 heteroatoms. The summed E-state index contributed by atoms with van der Waals surface area (Å²) in [6.45, 7) is 3.95. The summed E-state index contributed by atoms with van der Waals surface area (Å²) in [7, 11) is 0.